The molecule has 0 amide bonds. The molecule has 0 saturated carbocycles. The third-order valence-corrected chi connectivity index (χ3v) is 4.55. The Morgan fingerprint density at radius 2 is 1.96 bits per heavy atom. The van der Waals surface area contributed by atoms with Crippen molar-refractivity contribution in [2.24, 2.45) is 0 Å². The van der Waals surface area contributed by atoms with Gasteiger partial charge in [0.1, 0.15) is 5.58 Å². The molecule has 2 N–H and O–H groups in total. The number of aliphatic carboxylic acids is 1. The number of quaternary nitrogens is 1. The number of likely N-dealkylation sites (N-methyl/N-ethyl adjacent to an activating group) is 1. The standard InChI is InChI=1S/C15H20N2O5S/c1-17(2,3)10-12(9-14(18)19)16-23(20,21)15-8-11-6-4-5-7-13(11)22-15/h4-8,12,16H,9-10H2,1-3H3/p+1/t12-/m1/s1. The topological polar surface area (TPSA) is 96.6 Å². The van der Waals surface area contributed by atoms with Crippen molar-refractivity contribution >= 4 is 27.0 Å². The Morgan fingerprint density at radius 3 is 2.52 bits per heavy atom. The zero-order chi connectivity index (χ0) is 17.3. The lowest BCUT2D eigenvalue weighted by Gasteiger charge is -2.28. The van der Waals surface area contributed by atoms with Gasteiger partial charge in [-0.2, -0.15) is 4.72 Å². The molecule has 8 heteroatoms. The molecule has 0 aliphatic rings. The van der Waals surface area contributed by atoms with Crippen LogP contribution in [0.2, 0.25) is 0 Å². The first kappa shape index (κ1) is 17.5. The Bertz CT molecular complexity index is 772. The second-order valence-electron chi connectivity index (χ2n) is 6.49. The summed E-state index contributed by atoms with van der Waals surface area (Å²) in [5.74, 6) is -1.06. The molecule has 0 aliphatic heterocycles. The molecule has 0 spiro atoms. The van der Waals surface area contributed by atoms with E-state index >= 15 is 0 Å². The Morgan fingerprint density at radius 1 is 1.30 bits per heavy atom. The molecule has 7 nitrogen and oxygen atoms in total. The predicted octanol–water partition coefficient (Wildman–Crippen LogP) is 1.26. The summed E-state index contributed by atoms with van der Waals surface area (Å²) < 4.78 is 33.2. The average Bonchev–Trinajstić information content (AvgIpc) is 2.79. The summed E-state index contributed by atoms with van der Waals surface area (Å²) in [5.41, 5.74) is 0.467. The lowest BCUT2D eigenvalue weighted by atomic mass is 10.2. The maximum Gasteiger partial charge on any atom is 0.305 e. The Labute approximate surface area is 135 Å². The molecule has 0 bridgehead atoms. The normalized spacial score (nSPS) is 14.0. The average molecular weight is 341 g/mol. The number of nitrogens with one attached hydrogen (secondary N) is 1. The number of benzene rings is 1. The number of hydrogen-bond donors (Lipinski definition) is 2. The van der Waals surface area contributed by atoms with Crippen LogP contribution in [0.5, 0.6) is 0 Å². The van der Waals surface area contributed by atoms with Crippen LogP contribution in [0.15, 0.2) is 39.8 Å². The SMILES string of the molecule is C[N+](C)(C)C[C@@H](CC(=O)O)NS(=O)(=O)c1cc2ccccc2o1. The summed E-state index contributed by atoms with van der Waals surface area (Å²) in [6, 6.07) is 7.66. The zero-order valence-electron chi connectivity index (χ0n) is 13.3. The Balaban J connectivity index is 2.27. The van der Waals surface area contributed by atoms with Gasteiger partial charge in [0.25, 0.3) is 10.0 Å². The Kier molecular flexibility index (Phi) is 4.79. The summed E-state index contributed by atoms with van der Waals surface area (Å²) in [6.45, 7) is 0.339. The molecule has 0 unspecified atom stereocenters. The molecular weight excluding hydrogens is 320 g/mol. The van der Waals surface area contributed by atoms with E-state index in [1.54, 1.807) is 24.3 Å². The van der Waals surface area contributed by atoms with Gasteiger partial charge >= 0.3 is 5.97 Å². The van der Waals surface area contributed by atoms with Crippen LogP contribution in [-0.2, 0) is 14.8 Å². The van der Waals surface area contributed by atoms with Gasteiger partial charge in [0.05, 0.1) is 40.2 Å². The van der Waals surface area contributed by atoms with Crippen molar-refractivity contribution in [2.75, 3.05) is 27.7 Å². The number of sulfonamides is 1. The fourth-order valence-corrected chi connectivity index (χ4v) is 3.58. The molecule has 0 fully saturated rings. The van der Waals surface area contributed by atoms with Crippen molar-refractivity contribution in [3.63, 3.8) is 0 Å². The van der Waals surface area contributed by atoms with Crippen LogP contribution >= 0.6 is 0 Å². The van der Waals surface area contributed by atoms with Crippen LogP contribution in [0.4, 0.5) is 0 Å². The largest absolute Gasteiger partial charge is 0.481 e. The van der Waals surface area contributed by atoms with Crippen LogP contribution in [0, 0.1) is 0 Å². The van der Waals surface area contributed by atoms with E-state index in [0.29, 0.717) is 22.0 Å². The third kappa shape index (κ3) is 4.78. The van der Waals surface area contributed by atoms with E-state index in [4.69, 9.17) is 9.52 Å². The fourth-order valence-electron chi connectivity index (χ4n) is 2.38. The number of para-hydroxylation sites is 1. The first-order valence-electron chi connectivity index (χ1n) is 7.10. The first-order valence-corrected chi connectivity index (χ1v) is 8.58. The van der Waals surface area contributed by atoms with Gasteiger partial charge in [-0.15, -0.1) is 0 Å². The molecule has 1 atom stereocenters. The van der Waals surface area contributed by atoms with E-state index < -0.39 is 22.0 Å². The number of carboxylic acids is 1. The second kappa shape index (κ2) is 6.31. The predicted molar refractivity (Wildman–Crippen MR) is 85.5 cm³/mol. The van der Waals surface area contributed by atoms with Gasteiger partial charge in [-0.25, -0.2) is 8.42 Å². The summed E-state index contributed by atoms with van der Waals surface area (Å²) in [6.07, 6.45) is -0.297. The molecule has 2 rings (SSSR count). The third-order valence-electron chi connectivity index (χ3n) is 3.18. The van der Waals surface area contributed by atoms with Crippen LogP contribution in [0.3, 0.4) is 0 Å². The quantitative estimate of drug-likeness (QED) is 0.739. The van der Waals surface area contributed by atoms with Gasteiger partial charge in [-0.05, 0) is 6.07 Å². The van der Waals surface area contributed by atoms with Crippen molar-refractivity contribution in [3.05, 3.63) is 30.3 Å². The summed E-state index contributed by atoms with van der Waals surface area (Å²) >= 11 is 0. The van der Waals surface area contributed by atoms with Gasteiger partial charge in [0.2, 0.25) is 5.09 Å². The number of hydrogen-bond acceptors (Lipinski definition) is 4. The highest BCUT2D eigenvalue weighted by atomic mass is 32.2. The van der Waals surface area contributed by atoms with E-state index in [1.165, 1.54) is 6.07 Å². The van der Waals surface area contributed by atoms with Crippen molar-refractivity contribution in [3.8, 4) is 0 Å². The number of fused-ring (bicyclic) bond motifs is 1. The number of furan rings is 1. The molecule has 1 heterocycles. The smallest absolute Gasteiger partial charge is 0.305 e. The van der Waals surface area contributed by atoms with Crippen molar-refractivity contribution in [1.82, 2.24) is 4.72 Å². The molecular formula is C15H21N2O5S+. The molecule has 1 aromatic carbocycles. The van der Waals surface area contributed by atoms with Crippen molar-refractivity contribution in [2.45, 2.75) is 17.6 Å². The molecule has 1 aromatic heterocycles. The highest BCUT2D eigenvalue weighted by Crippen LogP contribution is 2.22. The highest BCUT2D eigenvalue weighted by Gasteiger charge is 2.28. The minimum absolute atomic E-state index is 0.213. The van der Waals surface area contributed by atoms with Gasteiger partial charge in [0.15, 0.2) is 0 Å². The van der Waals surface area contributed by atoms with Crippen LogP contribution in [-0.4, -0.2) is 57.7 Å². The van der Waals surface area contributed by atoms with Gasteiger partial charge in [-0.3, -0.25) is 4.79 Å². The van der Waals surface area contributed by atoms with Gasteiger partial charge in [0, 0.05) is 11.5 Å². The van der Waals surface area contributed by atoms with Crippen LogP contribution in [0.25, 0.3) is 11.0 Å². The summed E-state index contributed by atoms with van der Waals surface area (Å²) in [4.78, 5) is 11.0. The number of nitrogens with zero attached hydrogens (tertiary/aromatic N) is 1. The number of rotatable bonds is 7. The molecule has 126 valence electrons. The summed E-state index contributed by atoms with van der Waals surface area (Å²) in [7, 11) is 1.67. The summed E-state index contributed by atoms with van der Waals surface area (Å²) in [5, 5.41) is 9.46. The molecule has 0 radical (unpaired) electrons. The molecule has 2 aromatic rings. The molecule has 0 saturated heterocycles. The van der Waals surface area contributed by atoms with Gasteiger partial charge < -0.3 is 14.0 Å². The lowest BCUT2D eigenvalue weighted by molar-refractivity contribution is -0.871. The van der Waals surface area contributed by atoms with Crippen LogP contribution < -0.4 is 4.72 Å². The minimum atomic E-state index is -3.93. The number of carbonyl (C=O) groups is 1. The number of carboxylic acid groups (broad SMARTS) is 1. The van der Waals surface area contributed by atoms with Crippen molar-refractivity contribution < 1.29 is 27.2 Å². The highest BCUT2D eigenvalue weighted by molar-refractivity contribution is 7.89. The lowest BCUT2D eigenvalue weighted by Crippen LogP contribution is -2.49. The Hall–Kier alpha value is -1.90. The molecule has 0 aliphatic carbocycles. The maximum absolute atomic E-state index is 12.5. The van der Waals surface area contributed by atoms with Gasteiger partial charge in [-0.1, -0.05) is 18.2 Å². The zero-order valence-corrected chi connectivity index (χ0v) is 14.1. The monoisotopic (exact) mass is 341 g/mol. The minimum Gasteiger partial charge on any atom is -0.481 e. The fraction of sp³-hybridized carbons (Fsp3) is 0.400. The van der Waals surface area contributed by atoms with E-state index in [2.05, 4.69) is 4.72 Å². The second-order valence-corrected chi connectivity index (χ2v) is 8.14. The van der Waals surface area contributed by atoms with E-state index in [9.17, 15) is 13.2 Å². The maximum atomic E-state index is 12.5. The van der Waals surface area contributed by atoms with E-state index in [1.807, 2.05) is 21.1 Å². The van der Waals surface area contributed by atoms with Crippen molar-refractivity contribution in [1.29, 1.82) is 0 Å². The first-order chi connectivity index (χ1) is 10.6. The van der Waals surface area contributed by atoms with E-state index in [-0.39, 0.29) is 11.5 Å². The van der Waals surface area contributed by atoms with Crippen LogP contribution in [0.1, 0.15) is 6.42 Å². The van der Waals surface area contributed by atoms with E-state index in [0.717, 1.165) is 0 Å². The molecule has 23 heavy (non-hydrogen) atoms.